The zero-order valence-electron chi connectivity index (χ0n) is 14.0. The van der Waals surface area contributed by atoms with Gasteiger partial charge < -0.3 is 14.2 Å². The molecule has 0 radical (unpaired) electrons. The summed E-state index contributed by atoms with van der Waals surface area (Å²) in [6.45, 7) is 6.04. The molecule has 1 fully saturated rings. The summed E-state index contributed by atoms with van der Waals surface area (Å²) in [7, 11) is -0.733. The summed E-state index contributed by atoms with van der Waals surface area (Å²) >= 11 is 0. The Balaban J connectivity index is 2.18. The number of rotatable bonds is 6. The van der Waals surface area contributed by atoms with Gasteiger partial charge in [-0.3, -0.25) is 0 Å². The summed E-state index contributed by atoms with van der Waals surface area (Å²) in [5.74, 6) is -1.48. The number of esters is 1. The maximum Gasteiger partial charge on any atom is 0.432 e. The molecule has 0 amide bonds. The Labute approximate surface area is 139 Å². The van der Waals surface area contributed by atoms with Crippen molar-refractivity contribution in [2.75, 3.05) is 13.7 Å². The Morgan fingerprint density at radius 3 is 2.21 bits per heavy atom. The Hall–Kier alpha value is -1.38. The molecule has 1 aromatic rings. The van der Waals surface area contributed by atoms with Gasteiger partial charge in [-0.1, -0.05) is 50.0 Å². The van der Waals surface area contributed by atoms with Crippen molar-refractivity contribution in [1.29, 1.82) is 0 Å². The summed E-state index contributed by atoms with van der Waals surface area (Å²) in [5.41, 5.74) is -3.47. The first-order valence-electron chi connectivity index (χ1n) is 7.54. The zero-order valence-corrected chi connectivity index (χ0v) is 15.0. The van der Waals surface area contributed by atoms with Gasteiger partial charge in [-0.15, -0.1) is 0 Å². The van der Waals surface area contributed by atoms with E-state index in [4.69, 9.17) is 9.47 Å². The zero-order chi connectivity index (χ0) is 18.2. The predicted octanol–water partition coefficient (Wildman–Crippen LogP) is 3.28. The minimum absolute atomic E-state index is 0.00939. The fraction of sp³-hybridized carbons (Fsp3) is 0.562. The lowest BCUT2D eigenvalue weighted by Gasteiger charge is -2.32. The van der Waals surface area contributed by atoms with Crippen molar-refractivity contribution in [3.05, 3.63) is 35.9 Å². The normalized spacial score (nSPS) is 23.5. The number of halogens is 3. The van der Waals surface area contributed by atoms with Crippen molar-refractivity contribution in [3.8, 4) is 0 Å². The van der Waals surface area contributed by atoms with Crippen LogP contribution in [0.5, 0.6) is 0 Å². The third kappa shape index (κ3) is 3.50. The van der Waals surface area contributed by atoms with Crippen LogP contribution >= 0.6 is 0 Å². The molecular formula is C16H21F3O4Si. The molecule has 3 unspecified atom stereocenters. The highest BCUT2D eigenvalue weighted by Gasteiger charge is 2.64. The number of hydrogen-bond acceptors (Lipinski definition) is 4. The monoisotopic (exact) mass is 362 g/mol. The first-order valence-corrected chi connectivity index (χ1v) is 11.1. The Bertz CT molecular complexity index is 585. The number of methoxy groups -OCH3 is 1. The van der Waals surface area contributed by atoms with Crippen molar-refractivity contribution in [3.63, 3.8) is 0 Å². The third-order valence-electron chi connectivity index (χ3n) is 3.99. The molecule has 0 spiro atoms. The molecule has 0 bridgehead atoms. The largest absolute Gasteiger partial charge is 0.460 e. The van der Waals surface area contributed by atoms with E-state index in [1.165, 1.54) is 24.3 Å². The van der Waals surface area contributed by atoms with E-state index >= 15 is 0 Å². The maximum absolute atomic E-state index is 13.7. The molecule has 3 atom stereocenters. The van der Waals surface area contributed by atoms with E-state index in [1.54, 1.807) is 6.07 Å². The number of carbonyl (C=O) groups excluding carboxylic acids is 1. The van der Waals surface area contributed by atoms with Crippen LogP contribution in [0.3, 0.4) is 0 Å². The van der Waals surface area contributed by atoms with Crippen LogP contribution in [0.1, 0.15) is 5.56 Å². The van der Waals surface area contributed by atoms with Gasteiger partial charge in [0.25, 0.3) is 5.60 Å². The molecule has 2 rings (SSSR count). The number of ether oxygens (including phenoxy) is 3. The first kappa shape index (κ1) is 18.9. The lowest BCUT2D eigenvalue weighted by molar-refractivity contribution is -0.276. The molecule has 1 saturated heterocycles. The highest BCUT2D eigenvalue weighted by molar-refractivity contribution is 6.78. The van der Waals surface area contributed by atoms with Gasteiger partial charge >= 0.3 is 12.1 Å². The van der Waals surface area contributed by atoms with Crippen LogP contribution in [0.25, 0.3) is 0 Å². The minimum atomic E-state index is -4.96. The van der Waals surface area contributed by atoms with Gasteiger partial charge in [0.1, 0.15) is 12.7 Å². The Morgan fingerprint density at radius 2 is 1.79 bits per heavy atom. The summed E-state index contributed by atoms with van der Waals surface area (Å²) in [6, 6.07) is 6.76. The molecule has 4 nitrogen and oxygen atoms in total. The maximum atomic E-state index is 13.7. The van der Waals surface area contributed by atoms with Gasteiger partial charge in [-0.2, -0.15) is 13.2 Å². The van der Waals surface area contributed by atoms with Gasteiger partial charge in [0.2, 0.25) is 0 Å². The van der Waals surface area contributed by atoms with Crippen LogP contribution in [0.15, 0.2) is 30.3 Å². The number of hydrogen-bond donors (Lipinski definition) is 0. The molecule has 0 N–H and O–H groups in total. The number of benzene rings is 1. The lowest BCUT2D eigenvalue weighted by Crippen LogP contribution is -2.52. The smallest absolute Gasteiger partial charge is 0.432 e. The van der Waals surface area contributed by atoms with Gasteiger partial charge in [-0.05, 0) is 0 Å². The summed E-state index contributed by atoms with van der Waals surface area (Å²) in [5, 5.41) is 0. The second-order valence-corrected chi connectivity index (χ2v) is 12.1. The van der Waals surface area contributed by atoms with Gasteiger partial charge in [0.05, 0.1) is 13.8 Å². The summed E-state index contributed by atoms with van der Waals surface area (Å²) in [6.07, 6.45) is -5.29. The van der Waals surface area contributed by atoms with Crippen LogP contribution < -0.4 is 0 Å². The second-order valence-electron chi connectivity index (χ2n) is 6.81. The van der Waals surface area contributed by atoms with Crippen molar-refractivity contribution in [2.45, 2.75) is 43.2 Å². The molecule has 0 saturated carbocycles. The minimum Gasteiger partial charge on any atom is -0.460 e. The molecule has 0 aliphatic carbocycles. The third-order valence-corrected chi connectivity index (χ3v) is 6.20. The Morgan fingerprint density at radius 1 is 1.21 bits per heavy atom. The van der Waals surface area contributed by atoms with Crippen LogP contribution in [0.2, 0.25) is 19.6 Å². The first-order chi connectivity index (χ1) is 11.0. The fourth-order valence-corrected chi connectivity index (χ4v) is 4.47. The van der Waals surface area contributed by atoms with E-state index in [-0.39, 0.29) is 24.0 Å². The van der Waals surface area contributed by atoms with E-state index in [9.17, 15) is 18.0 Å². The quantitative estimate of drug-likeness (QED) is 0.443. The number of carbonyl (C=O) groups is 1. The SMILES string of the molecule is COC(C(=O)OCC1OC1[Si](C)(C)C)(c1ccccc1)C(F)(F)F. The predicted molar refractivity (Wildman–Crippen MR) is 84.2 cm³/mol. The van der Waals surface area contributed by atoms with Gasteiger partial charge in [0, 0.05) is 12.7 Å². The second kappa shape index (κ2) is 6.49. The van der Waals surface area contributed by atoms with Crippen LogP contribution in [0, 0.1) is 0 Å². The van der Waals surface area contributed by atoms with E-state index in [1.807, 2.05) is 0 Å². The van der Waals surface area contributed by atoms with Gasteiger partial charge in [0.15, 0.2) is 0 Å². The van der Waals surface area contributed by atoms with Crippen LogP contribution in [0.4, 0.5) is 13.2 Å². The van der Waals surface area contributed by atoms with Crippen molar-refractivity contribution in [1.82, 2.24) is 0 Å². The molecule has 8 heteroatoms. The van der Waals surface area contributed by atoms with Crippen LogP contribution in [-0.2, 0) is 24.6 Å². The van der Waals surface area contributed by atoms with E-state index < -0.39 is 25.8 Å². The fourth-order valence-electron chi connectivity index (χ4n) is 2.68. The standard InChI is InChI=1S/C16H21F3O4Si/c1-21-15(16(17,18)19,11-8-6-5-7-9-11)14(20)22-10-12-13(23-12)24(2,3)4/h5-9,12-13H,10H2,1-4H3. The van der Waals surface area contributed by atoms with Crippen LogP contribution in [-0.4, -0.2) is 45.8 Å². The molecule has 1 aromatic carbocycles. The molecule has 0 aromatic heterocycles. The van der Waals surface area contributed by atoms with Crippen molar-refractivity contribution < 1.29 is 32.2 Å². The average Bonchev–Trinajstić information content (AvgIpc) is 3.26. The van der Waals surface area contributed by atoms with E-state index in [2.05, 4.69) is 24.4 Å². The molecule has 1 aliphatic rings. The molecule has 134 valence electrons. The highest BCUT2D eigenvalue weighted by atomic mass is 28.3. The molecular weight excluding hydrogens is 341 g/mol. The van der Waals surface area contributed by atoms with Gasteiger partial charge in [-0.25, -0.2) is 4.79 Å². The molecule has 1 heterocycles. The molecule has 24 heavy (non-hydrogen) atoms. The Kier molecular flexibility index (Phi) is 5.13. The van der Waals surface area contributed by atoms with E-state index in [0.29, 0.717) is 0 Å². The van der Waals surface area contributed by atoms with Crippen molar-refractivity contribution in [2.24, 2.45) is 0 Å². The van der Waals surface area contributed by atoms with Crippen molar-refractivity contribution >= 4 is 14.0 Å². The highest BCUT2D eigenvalue weighted by Crippen LogP contribution is 2.43. The number of alkyl halides is 3. The molecule has 1 aliphatic heterocycles. The summed E-state index contributed by atoms with van der Waals surface area (Å²) in [4.78, 5) is 12.3. The average molecular weight is 362 g/mol. The number of epoxide rings is 1. The lowest BCUT2D eigenvalue weighted by atomic mass is 9.93. The summed E-state index contributed by atoms with van der Waals surface area (Å²) < 4.78 is 56.0. The van der Waals surface area contributed by atoms with E-state index in [0.717, 1.165) is 7.11 Å². The topological polar surface area (TPSA) is 48.1 Å².